The summed E-state index contributed by atoms with van der Waals surface area (Å²) in [4.78, 5) is 2.45. The van der Waals surface area contributed by atoms with E-state index in [1.165, 1.54) is 25.9 Å². The highest BCUT2D eigenvalue weighted by molar-refractivity contribution is 8.00. The fourth-order valence-electron chi connectivity index (χ4n) is 1.62. The third-order valence-electron chi connectivity index (χ3n) is 2.05. The Bertz CT molecular complexity index is 112. The number of thioether (sulfide) groups is 1. The van der Waals surface area contributed by atoms with Crippen LogP contribution in [0.2, 0.25) is 0 Å². The second kappa shape index (κ2) is 4.36. The summed E-state index contributed by atoms with van der Waals surface area (Å²) in [6.07, 6.45) is 2.81. The van der Waals surface area contributed by atoms with E-state index in [1.54, 1.807) is 0 Å². The maximum atomic E-state index is 2.45. The van der Waals surface area contributed by atoms with Gasteiger partial charge in [-0.05, 0) is 31.7 Å². The number of hydrogen-bond donors (Lipinski definition) is 0. The molecular weight excluding hydrogens is 154 g/mol. The maximum absolute atomic E-state index is 2.45. The first kappa shape index (κ1) is 9.40. The van der Waals surface area contributed by atoms with Gasteiger partial charge in [0.1, 0.15) is 0 Å². The highest BCUT2D eigenvalue weighted by Crippen LogP contribution is 2.24. The topological polar surface area (TPSA) is 3.24 Å². The smallest absolute Gasteiger partial charge is 0.0177 e. The van der Waals surface area contributed by atoms with Crippen LogP contribution in [0, 0.1) is 0 Å². The van der Waals surface area contributed by atoms with Gasteiger partial charge in [-0.2, -0.15) is 11.8 Å². The molecule has 0 spiro atoms. The normalized spacial score (nSPS) is 27.8. The lowest BCUT2D eigenvalue weighted by Crippen LogP contribution is -2.34. The van der Waals surface area contributed by atoms with Crippen LogP contribution in [0.3, 0.4) is 0 Å². The van der Waals surface area contributed by atoms with Gasteiger partial charge in [-0.1, -0.05) is 13.8 Å². The minimum absolute atomic E-state index is 0.798. The van der Waals surface area contributed by atoms with E-state index in [2.05, 4.69) is 37.6 Å². The van der Waals surface area contributed by atoms with Crippen molar-refractivity contribution in [1.82, 2.24) is 4.90 Å². The summed E-state index contributed by atoms with van der Waals surface area (Å²) < 4.78 is 0. The van der Waals surface area contributed by atoms with Gasteiger partial charge in [0.2, 0.25) is 0 Å². The van der Waals surface area contributed by atoms with Crippen LogP contribution < -0.4 is 0 Å². The molecule has 1 fully saturated rings. The SMILES string of the molecule is CC(C)S[C@@H]1CCCN(C)C1. The van der Waals surface area contributed by atoms with Crippen molar-refractivity contribution in [1.29, 1.82) is 0 Å². The van der Waals surface area contributed by atoms with Crippen LogP contribution in [0.5, 0.6) is 0 Å². The zero-order valence-electron chi connectivity index (χ0n) is 7.84. The Hall–Kier alpha value is 0.310. The van der Waals surface area contributed by atoms with Crippen LogP contribution >= 0.6 is 11.8 Å². The molecule has 1 aliphatic rings. The Morgan fingerprint density at radius 2 is 2.18 bits per heavy atom. The molecule has 2 heteroatoms. The van der Waals surface area contributed by atoms with Crippen LogP contribution in [0.1, 0.15) is 26.7 Å². The van der Waals surface area contributed by atoms with E-state index in [-0.39, 0.29) is 0 Å². The molecule has 1 nitrogen and oxygen atoms in total. The molecule has 1 atom stereocenters. The van der Waals surface area contributed by atoms with E-state index >= 15 is 0 Å². The third-order valence-corrected chi connectivity index (χ3v) is 3.36. The van der Waals surface area contributed by atoms with E-state index < -0.39 is 0 Å². The van der Waals surface area contributed by atoms with Crippen molar-refractivity contribution >= 4 is 11.8 Å². The molecule has 1 rings (SSSR count). The van der Waals surface area contributed by atoms with E-state index in [0.29, 0.717) is 0 Å². The highest BCUT2D eigenvalue weighted by atomic mass is 32.2. The summed E-state index contributed by atoms with van der Waals surface area (Å²) in [5.74, 6) is 0. The number of rotatable bonds is 2. The monoisotopic (exact) mass is 173 g/mol. The largest absolute Gasteiger partial charge is 0.305 e. The predicted octanol–water partition coefficient (Wildman–Crippen LogP) is 2.22. The van der Waals surface area contributed by atoms with E-state index in [0.717, 1.165) is 10.5 Å². The third kappa shape index (κ3) is 3.48. The van der Waals surface area contributed by atoms with Gasteiger partial charge < -0.3 is 4.90 Å². The molecular formula is C9H19NS. The molecule has 0 bridgehead atoms. The molecule has 1 saturated heterocycles. The molecule has 0 unspecified atom stereocenters. The minimum Gasteiger partial charge on any atom is -0.305 e. The van der Waals surface area contributed by atoms with Crippen LogP contribution in [0.25, 0.3) is 0 Å². The van der Waals surface area contributed by atoms with Crippen molar-refractivity contribution in [2.75, 3.05) is 20.1 Å². The van der Waals surface area contributed by atoms with Gasteiger partial charge in [-0.25, -0.2) is 0 Å². The van der Waals surface area contributed by atoms with Gasteiger partial charge in [-0.3, -0.25) is 0 Å². The summed E-state index contributed by atoms with van der Waals surface area (Å²) in [6, 6.07) is 0. The number of hydrogen-bond acceptors (Lipinski definition) is 2. The zero-order valence-corrected chi connectivity index (χ0v) is 8.66. The number of nitrogens with zero attached hydrogens (tertiary/aromatic N) is 1. The Labute approximate surface area is 74.5 Å². The molecule has 1 heterocycles. The molecule has 0 saturated carbocycles. The van der Waals surface area contributed by atoms with E-state index in [9.17, 15) is 0 Å². The lowest BCUT2D eigenvalue weighted by atomic mass is 10.1. The summed E-state index contributed by atoms with van der Waals surface area (Å²) in [5, 5.41) is 1.69. The average Bonchev–Trinajstić information content (AvgIpc) is 1.85. The number of likely N-dealkylation sites (tertiary alicyclic amines) is 1. The molecule has 0 amide bonds. The first-order valence-corrected chi connectivity index (χ1v) is 5.47. The molecule has 0 aliphatic carbocycles. The van der Waals surface area contributed by atoms with Crippen molar-refractivity contribution in [2.45, 2.75) is 37.2 Å². The molecule has 0 radical (unpaired) electrons. The molecule has 0 N–H and O–H groups in total. The molecule has 11 heavy (non-hydrogen) atoms. The zero-order chi connectivity index (χ0) is 8.27. The Morgan fingerprint density at radius 3 is 2.73 bits per heavy atom. The van der Waals surface area contributed by atoms with Gasteiger partial charge in [0.25, 0.3) is 0 Å². The first-order chi connectivity index (χ1) is 5.18. The van der Waals surface area contributed by atoms with Gasteiger partial charge >= 0.3 is 0 Å². The fourth-order valence-corrected chi connectivity index (χ4v) is 3.03. The second-order valence-corrected chi connectivity index (χ2v) is 5.59. The Kier molecular flexibility index (Phi) is 3.73. The first-order valence-electron chi connectivity index (χ1n) is 4.52. The van der Waals surface area contributed by atoms with Crippen molar-refractivity contribution in [3.63, 3.8) is 0 Å². The summed E-state index contributed by atoms with van der Waals surface area (Å²) in [6.45, 7) is 7.18. The number of piperidine rings is 1. The molecule has 66 valence electrons. The van der Waals surface area contributed by atoms with Crippen molar-refractivity contribution in [3.05, 3.63) is 0 Å². The maximum Gasteiger partial charge on any atom is 0.0177 e. The van der Waals surface area contributed by atoms with Crippen LogP contribution in [0.4, 0.5) is 0 Å². The van der Waals surface area contributed by atoms with E-state index in [4.69, 9.17) is 0 Å². The second-order valence-electron chi connectivity index (χ2n) is 3.71. The lowest BCUT2D eigenvalue weighted by molar-refractivity contribution is 0.283. The molecule has 0 aromatic rings. The summed E-state index contributed by atoms with van der Waals surface area (Å²) >= 11 is 2.14. The highest BCUT2D eigenvalue weighted by Gasteiger charge is 2.17. The standard InChI is InChI=1S/C9H19NS/c1-8(2)11-9-5-4-6-10(3)7-9/h8-9H,4-7H2,1-3H3/t9-/m1/s1. The predicted molar refractivity (Wildman–Crippen MR) is 53.2 cm³/mol. The molecule has 0 aromatic carbocycles. The van der Waals surface area contributed by atoms with Crippen molar-refractivity contribution in [2.24, 2.45) is 0 Å². The Balaban J connectivity index is 2.23. The van der Waals surface area contributed by atoms with E-state index in [1.807, 2.05) is 0 Å². The van der Waals surface area contributed by atoms with Crippen LogP contribution in [-0.4, -0.2) is 35.5 Å². The van der Waals surface area contributed by atoms with Crippen molar-refractivity contribution < 1.29 is 0 Å². The summed E-state index contributed by atoms with van der Waals surface area (Å²) in [5.41, 5.74) is 0. The average molecular weight is 173 g/mol. The van der Waals surface area contributed by atoms with Gasteiger partial charge in [0.15, 0.2) is 0 Å². The van der Waals surface area contributed by atoms with Crippen molar-refractivity contribution in [3.8, 4) is 0 Å². The van der Waals surface area contributed by atoms with Gasteiger partial charge in [0.05, 0.1) is 0 Å². The van der Waals surface area contributed by atoms with Gasteiger partial charge in [-0.15, -0.1) is 0 Å². The molecule has 0 aromatic heterocycles. The molecule has 1 aliphatic heterocycles. The lowest BCUT2D eigenvalue weighted by Gasteiger charge is -2.30. The Morgan fingerprint density at radius 1 is 1.45 bits per heavy atom. The van der Waals surface area contributed by atoms with Crippen LogP contribution in [0.15, 0.2) is 0 Å². The van der Waals surface area contributed by atoms with Gasteiger partial charge in [0, 0.05) is 11.8 Å². The fraction of sp³-hybridized carbons (Fsp3) is 1.00. The summed E-state index contributed by atoms with van der Waals surface area (Å²) in [7, 11) is 2.23. The van der Waals surface area contributed by atoms with Crippen LogP contribution in [-0.2, 0) is 0 Å². The quantitative estimate of drug-likeness (QED) is 0.630. The minimum atomic E-state index is 0.798.